The molecule has 1 nitrogen and oxygen atoms in total. The molecule has 0 fully saturated rings. The molecular weight excluding hydrogens is 475 g/mol. The van der Waals surface area contributed by atoms with Crippen LogP contribution >= 0.6 is 11.8 Å². The molecule has 0 radical (unpaired) electrons. The Hall–Kier alpha value is -4.49. The number of hydrogen-bond acceptors (Lipinski definition) is 2. The molecule has 4 rings (SSSR count). The summed E-state index contributed by atoms with van der Waals surface area (Å²) in [6.07, 6.45) is 0.828. The first-order valence-corrected chi connectivity index (χ1v) is 12.6. The molecule has 0 N–H and O–H groups in total. The van der Waals surface area contributed by atoms with Gasteiger partial charge in [-0.1, -0.05) is 72.4 Å². The summed E-state index contributed by atoms with van der Waals surface area (Å²) >= 11 is 1.18. The Bertz CT molecular complexity index is 1620. The molecule has 0 aliphatic heterocycles. The van der Waals surface area contributed by atoms with E-state index in [4.69, 9.17) is 0 Å². The molecule has 0 aromatic heterocycles. The molecule has 0 atom stereocenters. The van der Waals surface area contributed by atoms with Crippen LogP contribution < -0.4 is 0 Å². The molecule has 178 valence electrons. The highest BCUT2D eigenvalue weighted by molar-refractivity contribution is 8.13. The summed E-state index contributed by atoms with van der Waals surface area (Å²) in [7, 11) is 0. The van der Waals surface area contributed by atoms with Gasteiger partial charge in [0.2, 0.25) is 0 Å². The van der Waals surface area contributed by atoms with Gasteiger partial charge in [-0.2, -0.15) is 0 Å². The lowest BCUT2D eigenvalue weighted by molar-refractivity contribution is -0.109. The van der Waals surface area contributed by atoms with E-state index in [1.54, 1.807) is 12.1 Å². The smallest absolute Gasteiger partial charge is 0.190 e. The van der Waals surface area contributed by atoms with E-state index in [2.05, 4.69) is 42.4 Å². The zero-order valence-corrected chi connectivity index (χ0v) is 21.4. The molecule has 0 heterocycles. The first-order chi connectivity index (χ1) is 18.0. The van der Waals surface area contributed by atoms with Crippen molar-refractivity contribution in [2.24, 2.45) is 0 Å². The van der Waals surface area contributed by atoms with E-state index < -0.39 is 5.82 Å². The summed E-state index contributed by atoms with van der Waals surface area (Å²) < 4.78 is 14.7. The van der Waals surface area contributed by atoms with Crippen LogP contribution in [0.5, 0.6) is 0 Å². The monoisotopic (exact) mass is 498 g/mol. The topological polar surface area (TPSA) is 17.1 Å². The molecular formula is C34H23FOS. The van der Waals surface area contributed by atoms with Gasteiger partial charge in [-0.3, -0.25) is 4.79 Å². The van der Waals surface area contributed by atoms with Crippen molar-refractivity contribution in [3.05, 3.63) is 136 Å². The summed E-state index contributed by atoms with van der Waals surface area (Å²) in [5.41, 5.74) is 5.55. The maximum absolute atomic E-state index is 14.7. The van der Waals surface area contributed by atoms with Crippen LogP contribution in [0.15, 0.2) is 95.9 Å². The maximum Gasteiger partial charge on any atom is 0.190 e. The standard InChI is InChI=1S/C34H23FOS/c1-3-30-23-28(12-18-31(30)17-11-26-7-5-4-6-8-26)13-19-32-20-14-29(24-34(32)35)10-9-27-15-21-33(22-16-27)37-25(2)36/h4-8,12,14-16,18,20-24H,3H2,1-2H3. The molecule has 4 aromatic rings. The van der Waals surface area contributed by atoms with Crippen molar-refractivity contribution in [2.45, 2.75) is 25.2 Å². The molecule has 4 aromatic carbocycles. The minimum absolute atomic E-state index is 0.0356. The lowest BCUT2D eigenvalue weighted by Crippen LogP contribution is -1.90. The van der Waals surface area contributed by atoms with Gasteiger partial charge in [0.05, 0.1) is 5.56 Å². The summed E-state index contributed by atoms with van der Waals surface area (Å²) in [5, 5.41) is 0.0356. The average Bonchev–Trinajstić information content (AvgIpc) is 2.91. The molecule has 0 aliphatic carbocycles. The predicted molar refractivity (Wildman–Crippen MR) is 150 cm³/mol. The zero-order valence-electron chi connectivity index (χ0n) is 20.6. The third-order valence-electron chi connectivity index (χ3n) is 5.38. The van der Waals surface area contributed by atoms with Gasteiger partial charge in [0.15, 0.2) is 5.12 Å². The van der Waals surface area contributed by atoms with E-state index in [0.717, 1.165) is 39.1 Å². The van der Waals surface area contributed by atoms with Crippen molar-refractivity contribution in [2.75, 3.05) is 0 Å². The normalized spacial score (nSPS) is 9.70. The van der Waals surface area contributed by atoms with Crippen molar-refractivity contribution < 1.29 is 9.18 Å². The number of thioether (sulfide) groups is 1. The molecule has 3 heteroatoms. The van der Waals surface area contributed by atoms with Crippen LogP contribution in [0.1, 0.15) is 52.8 Å². The van der Waals surface area contributed by atoms with E-state index in [1.807, 2.05) is 72.8 Å². The average molecular weight is 499 g/mol. The molecule has 0 saturated heterocycles. The van der Waals surface area contributed by atoms with Crippen LogP contribution in [0.25, 0.3) is 0 Å². The second-order valence-corrected chi connectivity index (χ2v) is 9.40. The summed E-state index contributed by atoms with van der Waals surface area (Å²) in [4.78, 5) is 12.1. The van der Waals surface area contributed by atoms with Crippen LogP contribution in [-0.4, -0.2) is 5.12 Å². The van der Waals surface area contributed by atoms with Crippen molar-refractivity contribution >= 4 is 16.9 Å². The fourth-order valence-electron chi connectivity index (χ4n) is 3.50. The van der Waals surface area contributed by atoms with Gasteiger partial charge >= 0.3 is 0 Å². The Labute approximate surface area is 222 Å². The third kappa shape index (κ3) is 7.49. The van der Waals surface area contributed by atoms with E-state index in [1.165, 1.54) is 24.8 Å². The van der Waals surface area contributed by atoms with Gasteiger partial charge in [0.25, 0.3) is 0 Å². The predicted octanol–water partition coefficient (Wildman–Crippen LogP) is 7.23. The van der Waals surface area contributed by atoms with Gasteiger partial charge in [0, 0.05) is 39.6 Å². The Balaban J connectivity index is 1.48. The van der Waals surface area contributed by atoms with Crippen molar-refractivity contribution in [1.82, 2.24) is 0 Å². The molecule has 37 heavy (non-hydrogen) atoms. The van der Waals surface area contributed by atoms with Crippen molar-refractivity contribution in [3.63, 3.8) is 0 Å². The van der Waals surface area contributed by atoms with Crippen molar-refractivity contribution in [3.8, 4) is 35.5 Å². The largest absolute Gasteiger partial charge is 0.287 e. The third-order valence-corrected chi connectivity index (χ3v) is 6.17. The van der Waals surface area contributed by atoms with E-state index in [-0.39, 0.29) is 5.12 Å². The highest BCUT2D eigenvalue weighted by Crippen LogP contribution is 2.19. The lowest BCUT2D eigenvalue weighted by atomic mass is 10.0. The Morgan fingerprint density at radius 3 is 1.89 bits per heavy atom. The molecule has 0 aliphatic rings. The highest BCUT2D eigenvalue weighted by Gasteiger charge is 2.02. The number of rotatable bonds is 2. The van der Waals surface area contributed by atoms with Crippen LogP contribution in [0.3, 0.4) is 0 Å². The van der Waals surface area contributed by atoms with Crippen molar-refractivity contribution in [1.29, 1.82) is 0 Å². The fraction of sp³-hybridized carbons (Fsp3) is 0.0882. The summed E-state index contributed by atoms with van der Waals surface area (Å²) in [5.74, 6) is 18.1. The Morgan fingerprint density at radius 1 is 0.676 bits per heavy atom. The van der Waals surface area contributed by atoms with Gasteiger partial charge in [-0.05, 0) is 84.8 Å². The molecule has 0 spiro atoms. The number of benzene rings is 4. The quantitative estimate of drug-likeness (QED) is 0.214. The van der Waals surface area contributed by atoms with E-state index >= 15 is 0 Å². The minimum Gasteiger partial charge on any atom is -0.287 e. The maximum atomic E-state index is 14.7. The Kier molecular flexibility index (Phi) is 8.62. The van der Waals surface area contributed by atoms with Gasteiger partial charge in [0.1, 0.15) is 5.82 Å². The summed E-state index contributed by atoms with van der Waals surface area (Å²) in [6, 6.07) is 28.0. The zero-order chi connectivity index (χ0) is 26.0. The van der Waals surface area contributed by atoms with Gasteiger partial charge in [-0.25, -0.2) is 4.39 Å². The molecule has 0 amide bonds. The minimum atomic E-state index is -0.409. The number of aryl methyl sites for hydroxylation is 1. The number of hydrogen-bond donors (Lipinski definition) is 0. The first-order valence-electron chi connectivity index (χ1n) is 11.8. The van der Waals surface area contributed by atoms with Gasteiger partial charge in [-0.15, -0.1) is 0 Å². The fourth-order valence-corrected chi connectivity index (χ4v) is 4.10. The first kappa shape index (κ1) is 25.6. The SMILES string of the molecule is CCc1cc(C#Cc2ccc(C#Cc3ccc(SC(C)=O)cc3)cc2F)ccc1C#Cc1ccccc1. The second-order valence-electron chi connectivity index (χ2n) is 8.15. The van der Waals surface area contributed by atoms with Crippen LogP contribution in [0.2, 0.25) is 0 Å². The number of halogens is 1. The van der Waals surface area contributed by atoms with Crippen LogP contribution in [-0.2, 0) is 11.2 Å². The number of carbonyl (C=O) groups excluding carboxylic acids is 1. The van der Waals surface area contributed by atoms with E-state index in [9.17, 15) is 9.18 Å². The van der Waals surface area contributed by atoms with Crippen LogP contribution in [0.4, 0.5) is 4.39 Å². The highest BCUT2D eigenvalue weighted by atomic mass is 32.2. The lowest BCUT2D eigenvalue weighted by Gasteiger charge is -2.02. The number of carbonyl (C=O) groups is 1. The Morgan fingerprint density at radius 2 is 1.22 bits per heavy atom. The summed E-state index contributed by atoms with van der Waals surface area (Å²) in [6.45, 7) is 3.61. The molecule has 0 saturated carbocycles. The second kappa shape index (κ2) is 12.5. The van der Waals surface area contributed by atoms with Crippen LogP contribution in [0, 0.1) is 41.3 Å². The van der Waals surface area contributed by atoms with Gasteiger partial charge < -0.3 is 0 Å². The molecule has 0 bridgehead atoms. The molecule has 0 unspecified atom stereocenters. The van der Waals surface area contributed by atoms with E-state index in [0.29, 0.717) is 11.1 Å².